The summed E-state index contributed by atoms with van der Waals surface area (Å²) in [7, 11) is 0. The van der Waals surface area contributed by atoms with E-state index < -0.39 is 0 Å². The van der Waals surface area contributed by atoms with Crippen molar-refractivity contribution in [2.45, 2.75) is 13.8 Å². The minimum Gasteiger partial charge on any atom is -0.396 e. The van der Waals surface area contributed by atoms with Crippen molar-refractivity contribution in [3.05, 3.63) is 0 Å². The Morgan fingerprint density at radius 3 is 2.77 bits per heavy atom. The Balaban J connectivity index is 2.43. The van der Waals surface area contributed by atoms with Crippen LogP contribution >= 0.6 is 12.2 Å². The Bertz CT molecular complexity index is 186. The molecule has 76 valence electrons. The van der Waals surface area contributed by atoms with Gasteiger partial charge in [0.2, 0.25) is 0 Å². The third-order valence-electron chi connectivity index (χ3n) is 2.62. The Kier molecular flexibility index (Phi) is 3.93. The first kappa shape index (κ1) is 10.7. The maximum atomic E-state index is 9.08. The molecule has 1 aliphatic heterocycles. The molecular formula is C9H18N2OS. The van der Waals surface area contributed by atoms with Gasteiger partial charge in [-0.25, -0.2) is 0 Å². The molecule has 3 nitrogen and oxygen atoms in total. The van der Waals surface area contributed by atoms with Gasteiger partial charge in [0, 0.05) is 32.2 Å². The van der Waals surface area contributed by atoms with E-state index in [4.69, 9.17) is 17.3 Å². The van der Waals surface area contributed by atoms with E-state index in [-0.39, 0.29) is 6.61 Å². The molecule has 0 saturated carbocycles. The summed E-state index contributed by atoms with van der Waals surface area (Å²) >= 11 is 5.20. The van der Waals surface area contributed by atoms with Crippen LogP contribution in [0.2, 0.25) is 0 Å². The van der Waals surface area contributed by atoms with Crippen LogP contribution in [0.4, 0.5) is 0 Å². The zero-order valence-electron chi connectivity index (χ0n) is 8.29. The number of thiocarbonyl (C=S) groups is 1. The Morgan fingerprint density at radius 2 is 2.31 bits per heavy atom. The molecule has 0 amide bonds. The summed E-state index contributed by atoms with van der Waals surface area (Å²) in [5.41, 5.74) is 0. The molecule has 0 spiro atoms. The number of nitrogens with one attached hydrogen (secondary N) is 1. The van der Waals surface area contributed by atoms with Crippen molar-refractivity contribution in [1.82, 2.24) is 10.2 Å². The summed E-state index contributed by atoms with van der Waals surface area (Å²) in [5.74, 6) is 0.929. The molecule has 4 heteroatoms. The number of aliphatic hydroxyl groups is 1. The second kappa shape index (κ2) is 4.77. The van der Waals surface area contributed by atoms with Crippen molar-refractivity contribution >= 4 is 17.3 Å². The van der Waals surface area contributed by atoms with Gasteiger partial charge in [-0.3, -0.25) is 0 Å². The largest absolute Gasteiger partial charge is 0.396 e. The van der Waals surface area contributed by atoms with E-state index >= 15 is 0 Å². The summed E-state index contributed by atoms with van der Waals surface area (Å²) in [6, 6.07) is 0. The fraction of sp³-hybridized carbons (Fsp3) is 0.889. The van der Waals surface area contributed by atoms with E-state index in [1.807, 2.05) is 6.92 Å². The molecule has 2 atom stereocenters. The van der Waals surface area contributed by atoms with Gasteiger partial charge in [0.05, 0.1) is 0 Å². The van der Waals surface area contributed by atoms with E-state index in [0.29, 0.717) is 11.8 Å². The fourth-order valence-electron chi connectivity index (χ4n) is 1.70. The van der Waals surface area contributed by atoms with Crippen molar-refractivity contribution in [3.63, 3.8) is 0 Å². The molecule has 0 aromatic rings. The molecule has 0 aliphatic carbocycles. The lowest BCUT2D eigenvalue weighted by molar-refractivity contribution is 0.209. The van der Waals surface area contributed by atoms with E-state index in [1.165, 1.54) is 0 Å². The number of rotatable bonds is 2. The van der Waals surface area contributed by atoms with Gasteiger partial charge in [-0.05, 0) is 25.1 Å². The molecule has 1 fully saturated rings. The average Bonchev–Trinajstić information content (AvgIpc) is 2.47. The summed E-state index contributed by atoms with van der Waals surface area (Å²) in [6.45, 7) is 7.20. The summed E-state index contributed by atoms with van der Waals surface area (Å²) < 4.78 is 0. The maximum absolute atomic E-state index is 9.08. The molecule has 0 bridgehead atoms. The first-order valence-corrected chi connectivity index (χ1v) is 5.23. The SMILES string of the molecule is CCNC(=S)N1C[C@@H](CO)[C@H](C)C1. The smallest absolute Gasteiger partial charge is 0.168 e. The highest BCUT2D eigenvalue weighted by Crippen LogP contribution is 2.22. The topological polar surface area (TPSA) is 35.5 Å². The van der Waals surface area contributed by atoms with Crippen LogP contribution in [0.5, 0.6) is 0 Å². The predicted molar refractivity (Wildman–Crippen MR) is 57.6 cm³/mol. The number of nitrogens with zero attached hydrogens (tertiary/aromatic N) is 1. The highest BCUT2D eigenvalue weighted by Gasteiger charge is 2.29. The lowest BCUT2D eigenvalue weighted by Gasteiger charge is -2.19. The quantitative estimate of drug-likeness (QED) is 0.637. The highest BCUT2D eigenvalue weighted by atomic mass is 32.1. The zero-order chi connectivity index (χ0) is 9.84. The van der Waals surface area contributed by atoms with Gasteiger partial charge in [0.15, 0.2) is 5.11 Å². The molecule has 0 unspecified atom stereocenters. The average molecular weight is 202 g/mol. The number of aliphatic hydroxyl groups excluding tert-OH is 1. The summed E-state index contributed by atoms with van der Waals surface area (Å²) in [4.78, 5) is 2.14. The number of hydrogen-bond donors (Lipinski definition) is 2. The molecular weight excluding hydrogens is 184 g/mol. The van der Waals surface area contributed by atoms with Gasteiger partial charge in [0.25, 0.3) is 0 Å². The van der Waals surface area contributed by atoms with Crippen molar-refractivity contribution < 1.29 is 5.11 Å². The van der Waals surface area contributed by atoms with Crippen molar-refractivity contribution in [2.75, 3.05) is 26.2 Å². The van der Waals surface area contributed by atoms with E-state index in [2.05, 4.69) is 17.1 Å². The lowest BCUT2D eigenvalue weighted by Crippen LogP contribution is -2.38. The third-order valence-corrected chi connectivity index (χ3v) is 3.02. The normalized spacial score (nSPS) is 27.8. The van der Waals surface area contributed by atoms with Crippen molar-refractivity contribution in [2.24, 2.45) is 11.8 Å². The van der Waals surface area contributed by atoms with Gasteiger partial charge in [-0.15, -0.1) is 0 Å². The van der Waals surface area contributed by atoms with Crippen LogP contribution in [0.25, 0.3) is 0 Å². The van der Waals surface area contributed by atoms with Crippen LogP contribution in [0, 0.1) is 11.8 Å². The Labute approximate surface area is 85.1 Å². The molecule has 1 aliphatic rings. The molecule has 0 radical (unpaired) electrons. The van der Waals surface area contributed by atoms with E-state index in [1.54, 1.807) is 0 Å². The molecule has 1 heterocycles. The van der Waals surface area contributed by atoms with Gasteiger partial charge in [-0.1, -0.05) is 6.92 Å². The molecule has 1 rings (SSSR count). The van der Waals surface area contributed by atoms with Gasteiger partial charge in [0.1, 0.15) is 0 Å². The minimum absolute atomic E-state index is 0.270. The fourth-order valence-corrected chi connectivity index (χ4v) is 1.99. The monoisotopic (exact) mass is 202 g/mol. The zero-order valence-corrected chi connectivity index (χ0v) is 9.10. The third kappa shape index (κ3) is 2.54. The van der Waals surface area contributed by atoms with Crippen LogP contribution < -0.4 is 5.32 Å². The van der Waals surface area contributed by atoms with Gasteiger partial charge < -0.3 is 15.3 Å². The van der Waals surface area contributed by atoms with Crippen molar-refractivity contribution in [1.29, 1.82) is 0 Å². The second-order valence-corrected chi connectivity index (χ2v) is 4.05. The van der Waals surface area contributed by atoms with Crippen LogP contribution in [-0.2, 0) is 0 Å². The van der Waals surface area contributed by atoms with Gasteiger partial charge in [-0.2, -0.15) is 0 Å². The Morgan fingerprint density at radius 1 is 1.62 bits per heavy atom. The minimum atomic E-state index is 0.270. The van der Waals surface area contributed by atoms with Crippen LogP contribution in [0.15, 0.2) is 0 Å². The Hall–Kier alpha value is -0.350. The van der Waals surface area contributed by atoms with E-state index in [9.17, 15) is 0 Å². The molecule has 13 heavy (non-hydrogen) atoms. The lowest BCUT2D eigenvalue weighted by atomic mass is 10.00. The van der Waals surface area contributed by atoms with Crippen LogP contribution in [0.3, 0.4) is 0 Å². The number of likely N-dealkylation sites (tertiary alicyclic amines) is 1. The van der Waals surface area contributed by atoms with Crippen LogP contribution in [0.1, 0.15) is 13.8 Å². The van der Waals surface area contributed by atoms with Crippen LogP contribution in [-0.4, -0.2) is 41.4 Å². The maximum Gasteiger partial charge on any atom is 0.168 e. The number of hydrogen-bond acceptors (Lipinski definition) is 2. The predicted octanol–water partition coefficient (Wildman–Crippen LogP) is 0.441. The van der Waals surface area contributed by atoms with Gasteiger partial charge >= 0.3 is 0 Å². The molecule has 0 aromatic carbocycles. The standard InChI is InChI=1S/C9H18N2OS/c1-3-10-9(13)11-4-7(2)8(5-11)6-12/h7-8,12H,3-6H2,1-2H3,(H,10,13)/t7-,8+/m1/s1. The first-order valence-electron chi connectivity index (χ1n) is 4.82. The summed E-state index contributed by atoms with van der Waals surface area (Å²) in [5, 5.41) is 13.0. The van der Waals surface area contributed by atoms with E-state index in [0.717, 1.165) is 24.7 Å². The summed E-state index contributed by atoms with van der Waals surface area (Å²) in [6.07, 6.45) is 0. The second-order valence-electron chi connectivity index (χ2n) is 3.66. The molecule has 0 aromatic heterocycles. The van der Waals surface area contributed by atoms with Crippen molar-refractivity contribution in [3.8, 4) is 0 Å². The highest BCUT2D eigenvalue weighted by molar-refractivity contribution is 7.80. The molecule has 1 saturated heterocycles. The first-order chi connectivity index (χ1) is 6.19. The molecule has 2 N–H and O–H groups in total.